The molecule has 1 aromatic heterocycles. The van der Waals surface area contributed by atoms with Crippen LogP contribution in [0.1, 0.15) is 15.9 Å². The molecule has 2 N–H and O–H groups in total. The molecular formula is C13H11FN2O2. The maximum atomic E-state index is 12.9. The highest BCUT2D eigenvalue weighted by Crippen LogP contribution is 2.20. The van der Waals surface area contributed by atoms with Crippen LogP contribution in [0.4, 0.5) is 10.1 Å². The van der Waals surface area contributed by atoms with E-state index in [4.69, 9.17) is 0 Å². The van der Waals surface area contributed by atoms with Gasteiger partial charge in [-0.05, 0) is 36.8 Å². The second kappa shape index (κ2) is 4.83. The third-order valence-electron chi connectivity index (χ3n) is 2.42. The van der Waals surface area contributed by atoms with Crippen molar-refractivity contribution in [2.45, 2.75) is 6.92 Å². The SMILES string of the molecule is Cc1cc(NC(=O)c2cncc(F)c2)ccc1O. The quantitative estimate of drug-likeness (QED) is 0.800. The molecule has 0 spiro atoms. The molecule has 0 bridgehead atoms. The van der Waals surface area contributed by atoms with E-state index in [1.54, 1.807) is 19.1 Å². The number of hydrogen-bond donors (Lipinski definition) is 2. The number of nitrogens with zero attached hydrogens (tertiary/aromatic N) is 1. The third-order valence-corrected chi connectivity index (χ3v) is 2.42. The van der Waals surface area contributed by atoms with Gasteiger partial charge in [-0.2, -0.15) is 0 Å². The molecule has 4 nitrogen and oxygen atoms in total. The van der Waals surface area contributed by atoms with Crippen molar-refractivity contribution in [3.63, 3.8) is 0 Å². The normalized spacial score (nSPS) is 10.1. The monoisotopic (exact) mass is 246 g/mol. The Labute approximate surface area is 103 Å². The minimum atomic E-state index is -0.565. The summed E-state index contributed by atoms with van der Waals surface area (Å²) in [5, 5.41) is 12.0. The summed E-state index contributed by atoms with van der Waals surface area (Å²) in [5.74, 6) is -0.864. The van der Waals surface area contributed by atoms with E-state index in [0.717, 1.165) is 12.3 Å². The summed E-state index contributed by atoms with van der Waals surface area (Å²) in [7, 11) is 0. The molecule has 0 aliphatic carbocycles. The van der Waals surface area contributed by atoms with Gasteiger partial charge in [-0.3, -0.25) is 9.78 Å². The van der Waals surface area contributed by atoms with E-state index < -0.39 is 11.7 Å². The molecule has 0 saturated carbocycles. The third kappa shape index (κ3) is 2.63. The Morgan fingerprint density at radius 3 is 2.78 bits per heavy atom. The number of carbonyl (C=O) groups excluding carboxylic acids is 1. The zero-order valence-corrected chi connectivity index (χ0v) is 9.64. The molecule has 0 radical (unpaired) electrons. The van der Waals surface area contributed by atoms with Crippen LogP contribution in [0, 0.1) is 12.7 Å². The highest BCUT2D eigenvalue weighted by Gasteiger charge is 2.08. The van der Waals surface area contributed by atoms with Crippen LogP contribution in [0.25, 0.3) is 0 Å². The highest BCUT2D eigenvalue weighted by atomic mass is 19.1. The molecule has 18 heavy (non-hydrogen) atoms. The number of benzene rings is 1. The second-order valence-corrected chi connectivity index (χ2v) is 3.85. The fourth-order valence-corrected chi connectivity index (χ4v) is 1.47. The van der Waals surface area contributed by atoms with Crippen molar-refractivity contribution in [2.75, 3.05) is 5.32 Å². The van der Waals surface area contributed by atoms with Gasteiger partial charge >= 0.3 is 0 Å². The summed E-state index contributed by atoms with van der Waals surface area (Å²) < 4.78 is 12.9. The number of hydrogen-bond acceptors (Lipinski definition) is 3. The van der Waals surface area contributed by atoms with E-state index in [0.29, 0.717) is 11.3 Å². The van der Waals surface area contributed by atoms with Crippen molar-refractivity contribution in [1.82, 2.24) is 4.98 Å². The molecule has 1 heterocycles. The summed E-state index contributed by atoms with van der Waals surface area (Å²) >= 11 is 0. The average molecular weight is 246 g/mol. The first-order chi connectivity index (χ1) is 8.56. The predicted octanol–water partition coefficient (Wildman–Crippen LogP) is 2.49. The fraction of sp³-hybridized carbons (Fsp3) is 0.0769. The predicted molar refractivity (Wildman–Crippen MR) is 65.0 cm³/mol. The molecule has 2 rings (SSSR count). The number of phenolic OH excluding ortho intramolecular Hbond substituents is 1. The summed E-state index contributed by atoms with van der Waals surface area (Å²) in [5.41, 5.74) is 1.31. The van der Waals surface area contributed by atoms with Crippen LogP contribution in [0.2, 0.25) is 0 Å². The molecule has 0 aliphatic rings. The number of aromatic nitrogens is 1. The van der Waals surface area contributed by atoms with Gasteiger partial charge in [-0.1, -0.05) is 0 Å². The first-order valence-corrected chi connectivity index (χ1v) is 5.28. The molecule has 1 amide bonds. The molecular weight excluding hydrogens is 235 g/mol. The Morgan fingerprint density at radius 1 is 1.33 bits per heavy atom. The van der Waals surface area contributed by atoms with Crippen LogP contribution in [0.5, 0.6) is 5.75 Å². The maximum Gasteiger partial charge on any atom is 0.257 e. The zero-order valence-electron chi connectivity index (χ0n) is 9.64. The summed E-state index contributed by atoms with van der Waals surface area (Å²) in [6.45, 7) is 1.72. The molecule has 5 heteroatoms. The summed E-state index contributed by atoms with van der Waals surface area (Å²) in [6.07, 6.45) is 2.31. The van der Waals surface area contributed by atoms with Gasteiger partial charge in [-0.25, -0.2) is 4.39 Å². The largest absolute Gasteiger partial charge is 0.508 e. The fourth-order valence-electron chi connectivity index (χ4n) is 1.47. The van der Waals surface area contributed by atoms with Crippen molar-refractivity contribution < 1.29 is 14.3 Å². The molecule has 0 atom stereocenters. The summed E-state index contributed by atoms with van der Waals surface area (Å²) in [6, 6.07) is 5.78. The number of anilines is 1. The van der Waals surface area contributed by atoms with E-state index >= 15 is 0 Å². The topological polar surface area (TPSA) is 62.2 Å². The number of amides is 1. The molecule has 0 fully saturated rings. The molecule has 0 saturated heterocycles. The van der Waals surface area contributed by atoms with Crippen molar-refractivity contribution in [3.8, 4) is 5.75 Å². The van der Waals surface area contributed by atoms with Gasteiger partial charge in [0.2, 0.25) is 0 Å². The molecule has 92 valence electrons. The van der Waals surface area contributed by atoms with Crippen LogP contribution in [0.15, 0.2) is 36.7 Å². The van der Waals surface area contributed by atoms with Crippen molar-refractivity contribution in [3.05, 3.63) is 53.6 Å². The average Bonchev–Trinajstić information content (AvgIpc) is 2.34. The van der Waals surface area contributed by atoms with Crippen LogP contribution in [-0.4, -0.2) is 16.0 Å². The van der Waals surface area contributed by atoms with Gasteiger partial charge < -0.3 is 10.4 Å². The lowest BCUT2D eigenvalue weighted by atomic mass is 10.2. The number of rotatable bonds is 2. The second-order valence-electron chi connectivity index (χ2n) is 3.85. The number of aryl methyl sites for hydroxylation is 1. The van der Waals surface area contributed by atoms with Gasteiger partial charge in [0.25, 0.3) is 5.91 Å². The Morgan fingerprint density at radius 2 is 2.11 bits per heavy atom. The standard InChI is InChI=1S/C13H11FN2O2/c1-8-4-11(2-3-12(8)17)16-13(18)9-5-10(14)7-15-6-9/h2-7,17H,1H3,(H,16,18). The van der Waals surface area contributed by atoms with Crippen molar-refractivity contribution in [2.24, 2.45) is 0 Å². The lowest BCUT2D eigenvalue weighted by Gasteiger charge is -2.06. The van der Waals surface area contributed by atoms with Crippen LogP contribution >= 0.6 is 0 Å². The lowest BCUT2D eigenvalue weighted by Crippen LogP contribution is -2.12. The van der Waals surface area contributed by atoms with Crippen molar-refractivity contribution in [1.29, 1.82) is 0 Å². The first kappa shape index (κ1) is 12.0. The van der Waals surface area contributed by atoms with E-state index in [1.807, 2.05) is 0 Å². The number of halogens is 1. The van der Waals surface area contributed by atoms with Crippen molar-refractivity contribution >= 4 is 11.6 Å². The first-order valence-electron chi connectivity index (χ1n) is 5.28. The number of pyridine rings is 1. The molecule has 0 aliphatic heterocycles. The van der Waals surface area contributed by atoms with Crippen LogP contribution in [-0.2, 0) is 0 Å². The molecule has 0 unspecified atom stereocenters. The summed E-state index contributed by atoms with van der Waals surface area (Å²) in [4.78, 5) is 15.4. The number of nitrogens with one attached hydrogen (secondary N) is 1. The molecule has 2 aromatic rings. The highest BCUT2D eigenvalue weighted by molar-refractivity contribution is 6.04. The Kier molecular flexibility index (Phi) is 3.23. The van der Waals surface area contributed by atoms with E-state index in [-0.39, 0.29) is 11.3 Å². The van der Waals surface area contributed by atoms with Crippen LogP contribution in [0.3, 0.4) is 0 Å². The zero-order chi connectivity index (χ0) is 13.1. The minimum absolute atomic E-state index is 0.140. The smallest absolute Gasteiger partial charge is 0.257 e. The van der Waals surface area contributed by atoms with E-state index in [9.17, 15) is 14.3 Å². The number of carbonyl (C=O) groups is 1. The Hall–Kier alpha value is -2.43. The van der Waals surface area contributed by atoms with E-state index in [2.05, 4.69) is 10.3 Å². The van der Waals surface area contributed by atoms with Gasteiger partial charge in [0.05, 0.1) is 11.8 Å². The maximum absolute atomic E-state index is 12.9. The Balaban J connectivity index is 2.18. The minimum Gasteiger partial charge on any atom is -0.508 e. The van der Waals surface area contributed by atoms with Gasteiger partial charge in [0, 0.05) is 11.9 Å². The van der Waals surface area contributed by atoms with E-state index in [1.165, 1.54) is 12.3 Å². The van der Waals surface area contributed by atoms with Gasteiger partial charge in [-0.15, -0.1) is 0 Å². The van der Waals surface area contributed by atoms with Gasteiger partial charge in [0.15, 0.2) is 0 Å². The van der Waals surface area contributed by atoms with Gasteiger partial charge in [0.1, 0.15) is 11.6 Å². The molecule has 1 aromatic carbocycles. The Bertz CT molecular complexity index is 599. The lowest BCUT2D eigenvalue weighted by molar-refractivity contribution is 0.102. The number of aromatic hydroxyl groups is 1. The number of phenols is 1. The van der Waals surface area contributed by atoms with Crippen LogP contribution < -0.4 is 5.32 Å².